The summed E-state index contributed by atoms with van der Waals surface area (Å²) >= 11 is 0. The van der Waals surface area contributed by atoms with Crippen LogP contribution < -0.4 is 14.8 Å². The first-order chi connectivity index (χ1) is 13.7. The Morgan fingerprint density at radius 3 is 2.69 bits per heavy atom. The predicted octanol–water partition coefficient (Wildman–Crippen LogP) is 1.77. The molecule has 3 rings (SSSR count). The van der Waals surface area contributed by atoms with Crippen molar-refractivity contribution in [1.82, 2.24) is 14.6 Å². The van der Waals surface area contributed by atoms with Gasteiger partial charge in [-0.15, -0.1) is 0 Å². The summed E-state index contributed by atoms with van der Waals surface area (Å²) in [7, 11) is -0.503. The van der Waals surface area contributed by atoms with Crippen LogP contribution in [0.2, 0.25) is 0 Å². The van der Waals surface area contributed by atoms with E-state index in [1.54, 1.807) is 0 Å². The fourth-order valence-electron chi connectivity index (χ4n) is 3.15. The first-order valence-corrected chi connectivity index (χ1v) is 10.5. The summed E-state index contributed by atoms with van der Waals surface area (Å²) in [5, 5.41) is 2.54. The maximum Gasteiger partial charge on any atom is 0.260 e. The number of hydrogen-bond donors (Lipinski definition) is 2. The third-order valence-electron chi connectivity index (χ3n) is 4.70. The number of hydrogen-bond acceptors (Lipinski definition) is 6. The molecule has 8 nitrogen and oxygen atoms in total. The van der Waals surface area contributed by atoms with Crippen molar-refractivity contribution in [2.75, 3.05) is 32.6 Å². The lowest BCUT2D eigenvalue weighted by Crippen LogP contribution is -2.36. The second kappa shape index (κ2) is 8.44. The lowest BCUT2D eigenvalue weighted by molar-refractivity contribution is 0.102. The van der Waals surface area contributed by atoms with Crippen LogP contribution in [-0.4, -0.2) is 57.5 Å². The molecule has 0 bridgehead atoms. The highest BCUT2D eigenvalue weighted by molar-refractivity contribution is 7.89. The van der Waals surface area contributed by atoms with E-state index in [1.165, 1.54) is 44.4 Å². The number of amides is 1. The van der Waals surface area contributed by atoms with Gasteiger partial charge in [-0.2, -0.15) is 0 Å². The van der Waals surface area contributed by atoms with Gasteiger partial charge in [0.15, 0.2) is 0 Å². The van der Waals surface area contributed by atoms with Crippen LogP contribution in [0.1, 0.15) is 22.5 Å². The number of anilines is 1. The molecule has 29 heavy (non-hydrogen) atoms. The van der Waals surface area contributed by atoms with Crippen LogP contribution in [0.25, 0.3) is 0 Å². The molecule has 1 atom stereocenters. The molecule has 1 aromatic heterocycles. The van der Waals surface area contributed by atoms with Crippen LogP contribution >= 0.6 is 0 Å². The molecule has 0 spiro atoms. The molecule has 0 unspecified atom stereocenters. The van der Waals surface area contributed by atoms with Crippen LogP contribution in [0.5, 0.6) is 5.75 Å². The molecule has 0 radical (unpaired) electrons. The number of methoxy groups -OCH3 is 1. The number of benzene rings is 1. The third kappa shape index (κ3) is 4.89. The van der Waals surface area contributed by atoms with Gasteiger partial charge in [-0.1, -0.05) is 0 Å². The Labute approximate surface area is 169 Å². The Balaban J connectivity index is 1.86. The number of likely N-dealkylation sites (N-methyl/N-ethyl adjacent to an activating group) is 1. The first-order valence-electron chi connectivity index (χ1n) is 9.03. The molecular weight excluding hydrogens is 399 g/mol. The van der Waals surface area contributed by atoms with Crippen molar-refractivity contribution < 1.29 is 22.3 Å². The van der Waals surface area contributed by atoms with Gasteiger partial charge in [0, 0.05) is 12.6 Å². The normalized spacial score (nSPS) is 17.3. The zero-order chi connectivity index (χ0) is 21.2. The number of pyridine rings is 1. The Hall–Kier alpha value is -2.56. The minimum absolute atomic E-state index is 0.0303. The van der Waals surface area contributed by atoms with Crippen molar-refractivity contribution in [2.24, 2.45) is 0 Å². The number of nitrogens with one attached hydrogen (secondary N) is 2. The zero-order valence-electron chi connectivity index (χ0n) is 16.4. The Bertz CT molecular complexity index is 1030. The number of aryl methyl sites for hydroxylation is 1. The fourth-order valence-corrected chi connectivity index (χ4v) is 4.44. The van der Waals surface area contributed by atoms with E-state index in [0.29, 0.717) is 6.54 Å². The van der Waals surface area contributed by atoms with Crippen molar-refractivity contribution in [3.63, 3.8) is 0 Å². The summed E-state index contributed by atoms with van der Waals surface area (Å²) in [6.07, 6.45) is 0.717. The highest BCUT2D eigenvalue weighted by Gasteiger charge is 2.27. The quantitative estimate of drug-likeness (QED) is 0.736. The summed E-state index contributed by atoms with van der Waals surface area (Å²) in [5.41, 5.74) is 0.166. The topological polar surface area (TPSA) is 101 Å². The smallest absolute Gasteiger partial charge is 0.260 e. The highest BCUT2D eigenvalue weighted by atomic mass is 32.2. The van der Waals surface area contributed by atoms with Crippen molar-refractivity contribution in [3.05, 3.63) is 47.4 Å². The van der Waals surface area contributed by atoms with Gasteiger partial charge >= 0.3 is 0 Å². The molecule has 2 aromatic rings. The minimum Gasteiger partial charge on any atom is -0.496 e. The van der Waals surface area contributed by atoms with Gasteiger partial charge in [-0.05, 0) is 57.3 Å². The van der Waals surface area contributed by atoms with Gasteiger partial charge in [0.05, 0.1) is 23.3 Å². The third-order valence-corrected chi connectivity index (χ3v) is 6.22. The SMILES string of the molecule is COc1ccc(S(=O)(=O)N[C@H]2CCN(C)C2)cc1C(=O)Nc1ccc(F)c(C)n1. The van der Waals surface area contributed by atoms with Crippen LogP contribution in [0.3, 0.4) is 0 Å². The van der Waals surface area contributed by atoms with Crippen LogP contribution in [0.4, 0.5) is 10.2 Å². The standard InChI is InChI=1S/C19H23FN4O4S/c1-12-16(20)5-7-18(21-12)22-19(25)15-10-14(4-6-17(15)28-3)29(26,27)23-13-8-9-24(2)11-13/h4-7,10,13,23H,8-9,11H2,1-3H3,(H,21,22,25)/t13-/m0/s1. The van der Waals surface area contributed by atoms with Gasteiger partial charge in [0.25, 0.3) is 5.91 Å². The van der Waals surface area contributed by atoms with E-state index in [4.69, 9.17) is 4.74 Å². The molecule has 1 amide bonds. The lowest BCUT2D eigenvalue weighted by atomic mass is 10.2. The molecule has 1 aliphatic heterocycles. The van der Waals surface area contributed by atoms with E-state index in [1.807, 2.05) is 11.9 Å². The van der Waals surface area contributed by atoms with E-state index < -0.39 is 21.7 Å². The minimum atomic E-state index is -3.81. The monoisotopic (exact) mass is 422 g/mol. The molecule has 1 fully saturated rings. The molecule has 1 saturated heterocycles. The fraction of sp³-hybridized carbons (Fsp3) is 0.368. The van der Waals surface area contributed by atoms with Gasteiger partial charge in [-0.25, -0.2) is 22.5 Å². The summed E-state index contributed by atoms with van der Waals surface area (Å²) in [4.78, 5) is 18.7. The average Bonchev–Trinajstić information content (AvgIpc) is 3.08. The number of halogens is 1. The van der Waals surface area contributed by atoms with E-state index in [-0.39, 0.29) is 33.8 Å². The van der Waals surface area contributed by atoms with Crippen LogP contribution in [-0.2, 0) is 10.0 Å². The molecular formula is C19H23FN4O4S. The summed E-state index contributed by atoms with van der Waals surface area (Å²) in [6.45, 7) is 2.91. The number of ether oxygens (including phenoxy) is 1. The Morgan fingerprint density at radius 2 is 2.07 bits per heavy atom. The maximum atomic E-state index is 13.4. The molecule has 1 aromatic carbocycles. The van der Waals surface area contributed by atoms with Crippen molar-refractivity contribution in [2.45, 2.75) is 24.3 Å². The lowest BCUT2D eigenvalue weighted by Gasteiger charge is -2.15. The van der Waals surface area contributed by atoms with E-state index >= 15 is 0 Å². The van der Waals surface area contributed by atoms with Crippen molar-refractivity contribution in [3.8, 4) is 5.75 Å². The Morgan fingerprint density at radius 1 is 1.31 bits per heavy atom. The maximum absolute atomic E-state index is 13.4. The highest BCUT2D eigenvalue weighted by Crippen LogP contribution is 2.24. The summed E-state index contributed by atoms with van der Waals surface area (Å²) in [5.74, 6) is -0.743. The van der Waals surface area contributed by atoms with Crippen LogP contribution in [0, 0.1) is 12.7 Å². The molecule has 0 saturated carbocycles. The molecule has 10 heteroatoms. The molecule has 156 valence electrons. The van der Waals surface area contributed by atoms with Crippen molar-refractivity contribution in [1.29, 1.82) is 0 Å². The average molecular weight is 422 g/mol. The Kier molecular flexibility index (Phi) is 6.15. The largest absolute Gasteiger partial charge is 0.496 e. The van der Waals surface area contributed by atoms with Gasteiger partial charge < -0.3 is 15.0 Å². The number of likely N-dealkylation sites (tertiary alicyclic amines) is 1. The number of rotatable bonds is 6. The number of carbonyl (C=O) groups excluding carboxylic acids is 1. The van der Waals surface area contributed by atoms with E-state index in [0.717, 1.165) is 13.0 Å². The summed E-state index contributed by atoms with van der Waals surface area (Å²) < 4.78 is 46.8. The summed E-state index contributed by atoms with van der Waals surface area (Å²) in [6, 6.07) is 6.40. The second-order valence-electron chi connectivity index (χ2n) is 6.95. The van der Waals surface area contributed by atoms with E-state index in [9.17, 15) is 17.6 Å². The number of nitrogens with zero attached hydrogens (tertiary/aromatic N) is 2. The predicted molar refractivity (Wildman–Crippen MR) is 106 cm³/mol. The van der Waals surface area contributed by atoms with Crippen molar-refractivity contribution >= 4 is 21.7 Å². The number of sulfonamides is 1. The molecule has 2 heterocycles. The number of aromatic nitrogens is 1. The molecule has 2 N–H and O–H groups in total. The van der Waals surface area contributed by atoms with E-state index in [2.05, 4.69) is 15.0 Å². The molecule has 0 aliphatic carbocycles. The van der Waals surface area contributed by atoms with Gasteiger partial charge in [0.2, 0.25) is 10.0 Å². The van der Waals surface area contributed by atoms with Gasteiger partial charge in [-0.3, -0.25) is 4.79 Å². The second-order valence-corrected chi connectivity index (χ2v) is 8.66. The van der Waals surface area contributed by atoms with Crippen LogP contribution in [0.15, 0.2) is 35.2 Å². The first kappa shape index (κ1) is 21.2. The van der Waals surface area contributed by atoms with Gasteiger partial charge in [0.1, 0.15) is 17.4 Å². The number of carbonyl (C=O) groups is 1. The molecule has 1 aliphatic rings. The zero-order valence-corrected chi connectivity index (χ0v) is 17.2.